The fraction of sp³-hybridized carbons (Fsp3) is 0.261. The highest BCUT2D eigenvalue weighted by molar-refractivity contribution is 5.99. The maximum absolute atomic E-state index is 13.5. The van der Waals surface area contributed by atoms with Gasteiger partial charge in [0.15, 0.2) is 5.78 Å². The van der Waals surface area contributed by atoms with E-state index in [4.69, 9.17) is 10.00 Å². The summed E-state index contributed by atoms with van der Waals surface area (Å²) in [5.41, 5.74) is -0.743. The zero-order valence-electron chi connectivity index (χ0n) is 17.4. The first kappa shape index (κ1) is 23.8. The van der Waals surface area contributed by atoms with Crippen LogP contribution in [0.4, 0.5) is 28.0 Å². The molecule has 33 heavy (non-hydrogen) atoms. The first-order chi connectivity index (χ1) is 15.6. The van der Waals surface area contributed by atoms with Crippen LogP contribution in [0.1, 0.15) is 42.0 Å². The summed E-state index contributed by atoms with van der Waals surface area (Å²) in [7, 11) is 1.40. The molecule has 1 unspecified atom stereocenters. The lowest BCUT2D eigenvalue weighted by atomic mass is 9.87. The van der Waals surface area contributed by atoms with Crippen molar-refractivity contribution in [2.45, 2.75) is 31.5 Å². The molecule has 0 saturated carbocycles. The number of hydrogen-bond donors (Lipinski definition) is 2. The second-order valence-electron chi connectivity index (χ2n) is 7.28. The number of ether oxygens (including phenoxy) is 1. The second kappa shape index (κ2) is 9.73. The van der Waals surface area contributed by atoms with Gasteiger partial charge in [0.2, 0.25) is 0 Å². The summed E-state index contributed by atoms with van der Waals surface area (Å²) in [4.78, 5) is 25.4. The first-order valence-corrected chi connectivity index (χ1v) is 9.88. The van der Waals surface area contributed by atoms with Crippen LogP contribution in [0.3, 0.4) is 0 Å². The maximum Gasteiger partial charge on any atom is 0.419 e. The SMILES string of the molecule is COC1=C(C(NC(=O)Nc2ccc(F)c(C(F)(F)F)c2)c2ccc(C#N)cc2)C(=O)CCC1. The predicted molar refractivity (Wildman–Crippen MR) is 110 cm³/mol. The fourth-order valence-corrected chi connectivity index (χ4v) is 3.56. The Hall–Kier alpha value is -3.87. The van der Waals surface area contributed by atoms with Crippen molar-refractivity contribution in [1.82, 2.24) is 5.32 Å². The molecule has 0 heterocycles. The van der Waals surface area contributed by atoms with Crippen LogP contribution in [0.2, 0.25) is 0 Å². The van der Waals surface area contributed by atoms with E-state index in [0.29, 0.717) is 41.9 Å². The van der Waals surface area contributed by atoms with Crippen molar-refractivity contribution in [3.05, 3.63) is 76.3 Å². The fourth-order valence-electron chi connectivity index (χ4n) is 3.56. The molecule has 2 aromatic carbocycles. The molecule has 0 aliphatic heterocycles. The number of carbonyl (C=O) groups is 2. The first-order valence-electron chi connectivity index (χ1n) is 9.88. The highest BCUT2D eigenvalue weighted by Gasteiger charge is 2.35. The van der Waals surface area contributed by atoms with Gasteiger partial charge in [-0.1, -0.05) is 12.1 Å². The van der Waals surface area contributed by atoms with Crippen molar-refractivity contribution in [2.75, 3.05) is 12.4 Å². The van der Waals surface area contributed by atoms with E-state index in [9.17, 15) is 27.2 Å². The van der Waals surface area contributed by atoms with Crippen LogP contribution in [0, 0.1) is 17.1 Å². The molecule has 1 atom stereocenters. The number of nitrogens with one attached hydrogen (secondary N) is 2. The monoisotopic (exact) mass is 461 g/mol. The number of alkyl halides is 3. The molecule has 10 heteroatoms. The molecule has 0 aromatic heterocycles. The van der Waals surface area contributed by atoms with Crippen LogP contribution in [0.5, 0.6) is 0 Å². The van der Waals surface area contributed by atoms with Crippen LogP contribution >= 0.6 is 0 Å². The molecule has 0 spiro atoms. The van der Waals surface area contributed by atoms with Gasteiger partial charge < -0.3 is 15.4 Å². The number of carbonyl (C=O) groups excluding carboxylic acids is 2. The topological polar surface area (TPSA) is 91.2 Å². The average molecular weight is 461 g/mol. The van der Waals surface area contributed by atoms with E-state index in [1.54, 1.807) is 12.1 Å². The maximum atomic E-state index is 13.5. The van der Waals surface area contributed by atoms with Crippen molar-refractivity contribution in [3.63, 3.8) is 0 Å². The Morgan fingerprint density at radius 2 is 1.85 bits per heavy atom. The minimum Gasteiger partial charge on any atom is -0.501 e. The Morgan fingerprint density at radius 1 is 1.15 bits per heavy atom. The molecule has 0 radical (unpaired) electrons. The summed E-state index contributed by atoms with van der Waals surface area (Å²) in [5, 5.41) is 13.9. The summed E-state index contributed by atoms with van der Waals surface area (Å²) >= 11 is 0. The number of Topliss-reactive ketones (excluding diaryl/α,β-unsaturated/α-hetero) is 1. The molecule has 6 nitrogen and oxygen atoms in total. The van der Waals surface area contributed by atoms with Gasteiger partial charge in [0.1, 0.15) is 11.6 Å². The van der Waals surface area contributed by atoms with Crippen molar-refractivity contribution in [1.29, 1.82) is 5.26 Å². The van der Waals surface area contributed by atoms with Crippen LogP contribution in [0.15, 0.2) is 53.8 Å². The van der Waals surface area contributed by atoms with Gasteiger partial charge in [-0.3, -0.25) is 4.79 Å². The highest BCUT2D eigenvalue weighted by atomic mass is 19.4. The molecule has 1 aliphatic rings. The van der Waals surface area contributed by atoms with Gasteiger partial charge in [0.05, 0.1) is 35.9 Å². The molecule has 2 aromatic rings. The molecule has 3 rings (SSSR count). The molecule has 0 saturated heterocycles. The number of amides is 2. The molecule has 2 amide bonds. The molecular formula is C23H19F4N3O3. The van der Waals surface area contributed by atoms with Gasteiger partial charge in [0, 0.05) is 18.5 Å². The van der Waals surface area contributed by atoms with E-state index < -0.39 is 29.6 Å². The summed E-state index contributed by atoms with van der Waals surface area (Å²) < 4.78 is 57.8. The average Bonchev–Trinajstić information content (AvgIpc) is 2.78. The minimum absolute atomic E-state index is 0.221. The number of hydrogen-bond acceptors (Lipinski definition) is 4. The van der Waals surface area contributed by atoms with E-state index in [2.05, 4.69) is 10.6 Å². The van der Waals surface area contributed by atoms with Gasteiger partial charge in [-0.25, -0.2) is 9.18 Å². The Bertz CT molecular complexity index is 1140. The van der Waals surface area contributed by atoms with Gasteiger partial charge in [-0.05, 0) is 42.3 Å². The number of halogens is 4. The van der Waals surface area contributed by atoms with Crippen molar-refractivity contribution in [2.24, 2.45) is 0 Å². The van der Waals surface area contributed by atoms with Crippen LogP contribution in [-0.2, 0) is 15.7 Å². The zero-order chi connectivity index (χ0) is 24.2. The number of urea groups is 1. The van der Waals surface area contributed by atoms with Gasteiger partial charge in [-0.2, -0.15) is 18.4 Å². The van der Waals surface area contributed by atoms with E-state index in [1.165, 1.54) is 19.2 Å². The summed E-state index contributed by atoms with van der Waals surface area (Å²) in [6.45, 7) is 0. The van der Waals surface area contributed by atoms with Crippen LogP contribution in [0.25, 0.3) is 0 Å². The number of nitrogens with zero attached hydrogens (tertiary/aromatic N) is 1. The molecule has 0 fully saturated rings. The number of rotatable bonds is 5. The Labute approximate surface area is 186 Å². The van der Waals surface area contributed by atoms with Gasteiger partial charge >= 0.3 is 12.2 Å². The van der Waals surface area contributed by atoms with Gasteiger partial charge in [-0.15, -0.1) is 0 Å². The lowest BCUT2D eigenvalue weighted by molar-refractivity contribution is -0.140. The Balaban J connectivity index is 1.94. The predicted octanol–water partition coefficient (Wildman–Crippen LogP) is 5.23. The van der Waals surface area contributed by atoms with Crippen molar-refractivity contribution < 1.29 is 31.9 Å². The molecule has 172 valence electrons. The van der Waals surface area contributed by atoms with E-state index >= 15 is 0 Å². The third kappa shape index (κ3) is 5.49. The lowest BCUT2D eigenvalue weighted by Gasteiger charge is -2.27. The number of nitriles is 1. The van der Waals surface area contributed by atoms with Gasteiger partial charge in [0.25, 0.3) is 0 Å². The number of methoxy groups -OCH3 is 1. The quantitative estimate of drug-likeness (QED) is 0.597. The largest absolute Gasteiger partial charge is 0.501 e. The third-order valence-electron chi connectivity index (χ3n) is 5.12. The second-order valence-corrected chi connectivity index (χ2v) is 7.28. The highest BCUT2D eigenvalue weighted by Crippen LogP contribution is 2.34. The smallest absolute Gasteiger partial charge is 0.419 e. The minimum atomic E-state index is -4.93. The number of allylic oxidation sites excluding steroid dienone is 1. The van der Waals surface area contributed by atoms with Crippen LogP contribution in [-0.4, -0.2) is 18.9 Å². The normalized spacial score (nSPS) is 15.0. The van der Waals surface area contributed by atoms with E-state index in [0.717, 1.165) is 6.07 Å². The summed E-state index contributed by atoms with van der Waals surface area (Å²) in [5.74, 6) is -1.32. The van der Waals surface area contributed by atoms with Crippen LogP contribution < -0.4 is 10.6 Å². The van der Waals surface area contributed by atoms with Crippen molar-refractivity contribution >= 4 is 17.5 Å². The number of anilines is 1. The number of ketones is 1. The zero-order valence-corrected chi connectivity index (χ0v) is 17.4. The summed E-state index contributed by atoms with van der Waals surface area (Å²) in [6, 6.07) is 8.30. The van der Waals surface area contributed by atoms with E-state index in [1.807, 2.05) is 6.07 Å². The Morgan fingerprint density at radius 3 is 2.45 bits per heavy atom. The lowest BCUT2D eigenvalue weighted by Crippen LogP contribution is -2.36. The molecule has 0 bridgehead atoms. The molecular weight excluding hydrogens is 442 g/mol. The molecule has 1 aliphatic carbocycles. The van der Waals surface area contributed by atoms with E-state index in [-0.39, 0.29) is 23.5 Å². The Kier molecular flexibility index (Phi) is 7.01. The third-order valence-corrected chi connectivity index (χ3v) is 5.12. The summed E-state index contributed by atoms with van der Waals surface area (Å²) in [6.07, 6.45) is -3.64. The number of benzene rings is 2. The molecule has 2 N–H and O–H groups in total. The standard InChI is InChI=1S/C23H19F4N3O3/c1-33-19-4-2-3-18(31)20(19)21(14-7-5-13(12-28)6-8-14)30-22(32)29-15-9-10-17(24)16(11-15)23(25,26)27/h5-11,21H,2-4H2,1H3,(H2,29,30,32). The van der Waals surface area contributed by atoms with Crippen molar-refractivity contribution in [3.8, 4) is 6.07 Å².